The summed E-state index contributed by atoms with van der Waals surface area (Å²) in [6, 6.07) is 0. The van der Waals surface area contributed by atoms with Crippen LogP contribution in [-0.2, 0) is 43.6 Å². The fourth-order valence-electron chi connectivity index (χ4n) is 0. The molecule has 0 unspecified atom stereocenters. The first-order chi connectivity index (χ1) is 6.70. The van der Waals surface area contributed by atoms with Crippen molar-refractivity contribution < 1.29 is 167 Å². The van der Waals surface area contributed by atoms with Gasteiger partial charge in [0.2, 0.25) is 0 Å². The summed E-state index contributed by atoms with van der Waals surface area (Å²) < 4.78 is 17.0. The van der Waals surface area contributed by atoms with E-state index in [-0.39, 0.29) is 103 Å². The molecule has 0 aromatic heterocycles. The quantitative estimate of drug-likeness (QED) is 0.239. The molecule has 0 aromatic rings. The molecule has 17 heavy (non-hydrogen) atoms. The van der Waals surface area contributed by atoms with E-state index < -0.39 is 41.2 Å². The van der Waals surface area contributed by atoms with E-state index in [1.807, 2.05) is 0 Å². The van der Waals surface area contributed by atoms with Gasteiger partial charge in [0.25, 0.3) is 0 Å². The van der Waals surface area contributed by atoms with Gasteiger partial charge in [0, 0.05) is 0 Å². The second-order valence-electron chi connectivity index (χ2n) is 1.21. The van der Waals surface area contributed by atoms with E-state index in [9.17, 15) is 0 Å². The standard InChI is InChI=1S/2C2H2O4.2K.2O.Os/c2*3-1(4)2(5)6;;;;;/h2*(H,3,4)(H,5,6);;;;;/q;;2*+1;;;+2/p-4. The summed E-state index contributed by atoms with van der Waals surface area (Å²) in [5, 5.41) is 35.7. The Hall–Kier alpha value is 1.39. The zero-order valence-electron chi connectivity index (χ0n) is 8.44. The zero-order chi connectivity index (χ0) is 13.0. The molecule has 0 amide bonds. The molecule has 0 aliphatic rings. The van der Waals surface area contributed by atoms with Crippen LogP contribution in [0.5, 0.6) is 0 Å². The number of carbonyl (C=O) groups is 4. The summed E-state index contributed by atoms with van der Waals surface area (Å²) in [4.78, 5) is 35.7. The summed E-state index contributed by atoms with van der Waals surface area (Å²) in [7, 11) is 0. The van der Waals surface area contributed by atoms with Crippen molar-refractivity contribution in [3.8, 4) is 0 Å². The number of carboxylic acids is 4. The number of hydrogen-bond acceptors (Lipinski definition) is 10. The van der Waals surface area contributed by atoms with Gasteiger partial charge in [-0.1, -0.05) is 0 Å². The Morgan fingerprint density at radius 1 is 0.588 bits per heavy atom. The SMILES string of the molecule is O=C([O-])C(=O)[O-].O=C([O-])C(=O)[O-].[K+].[K+].[O]=[Os+2]=[O]. The van der Waals surface area contributed by atoms with Crippen LogP contribution in [-0.4, -0.2) is 23.9 Å². The topological polar surface area (TPSA) is 195 Å². The summed E-state index contributed by atoms with van der Waals surface area (Å²) in [5.74, 6) is -8.74. The van der Waals surface area contributed by atoms with Crippen LogP contribution in [0.2, 0.25) is 0 Å². The van der Waals surface area contributed by atoms with Crippen LogP contribution >= 0.6 is 0 Å². The molecule has 0 heterocycles. The van der Waals surface area contributed by atoms with E-state index in [1.54, 1.807) is 0 Å². The molecule has 0 N–H and O–H groups in total. The van der Waals surface area contributed by atoms with Gasteiger partial charge in [0.1, 0.15) is 0 Å². The third-order valence-corrected chi connectivity index (χ3v) is 0.333. The van der Waals surface area contributed by atoms with Crippen molar-refractivity contribution >= 4 is 23.9 Å². The van der Waals surface area contributed by atoms with Gasteiger partial charge in [-0.15, -0.1) is 0 Å². The molecule has 0 atom stereocenters. The fourth-order valence-corrected chi connectivity index (χ4v) is 0. The predicted octanol–water partition coefficient (Wildman–Crippen LogP) is -13.3. The number of carboxylic acid groups (broad SMARTS) is 4. The summed E-state index contributed by atoms with van der Waals surface area (Å²) >= 11 is -2.08. The number of aliphatic carboxylic acids is 4. The molecule has 0 radical (unpaired) electrons. The van der Waals surface area contributed by atoms with E-state index in [2.05, 4.69) is 0 Å². The first-order valence-electron chi connectivity index (χ1n) is 2.42. The average molecular weight is 476 g/mol. The van der Waals surface area contributed by atoms with Crippen LogP contribution in [0, 0.1) is 0 Å². The van der Waals surface area contributed by atoms with Crippen molar-refractivity contribution in [2.45, 2.75) is 0 Å². The first kappa shape index (κ1) is 31.0. The minimum atomic E-state index is -2.19. The van der Waals surface area contributed by atoms with E-state index in [0.717, 1.165) is 0 Å². The fraction of sp³-hybridized carbons (Fsp3) is 0. The molecule has 10 nitrogen and oxygen atoms in total. The molecule has 0 saturated carbocycles. The Morgan fingerprint density at radius 3 is 0.647 bits per heavy atom. The maximum atomic E-state index is 8.93. The molecule has 0 aliphatic carbocycles. The second-order valence-corrected chi connectivity index (χ2v) is 1.63. The van der Waals surface area contributed by atoms with Gasteiger partial charge in [-0.2, -0.15) is 0 Å². The van der Waals surface area contributed by atoms with Crippen LogP contribution in [0.15, 0.2) is 0 Å². The molecule has 0 rings (SSSR count). The second kappa shape index (κ2) is 22.6. The van der Waals surface area contributed by atoms with E-state index in [1.165, 1.54) is 0 Å². The van der Waals surface area contributed by atoms with Crippen molar-refractivity contribution in [2.24, 2.45) is 0 Å². The van der Waals surface area contributed by atoms with Crippen LogP contribution in [0.4, 0.5) is 0 Å². The molecule has 0 aromatic carbocycles. The summed E-state index contributed by atoms with van der Waals surface area (Å²) in [5.41, 5.74) is 0. The van der Waals surface area contributed by atoms with E-state index >= 15 is 0 Å². The Morgan fingerprint density at radius 2 is 0.647 bits per heavy atom. The summed E-state index contributed by atoms with van der Waals surface area (Å²) in [6.45, 7) is 0. The van der Waals surface area contributed by atoms with Crippen molar-refractivity contribution in [3.05, 3.63) is 0 Å². The van der Waals surface area contributed by atoms with Gasteiger partial charge in [-0.05, 0) is 0 Å². The van der Waals surface area contributed by atoms with Crippen molar-refractivity contribution in [1.82, 2.24) is 0 Å². The molecule has 0 spiro atoms. The van der Waals surface area contributed by atoms with Crippen LogP contribution < -0.4 is 123 Å². The molecular weight excluding hydrogens is 476 g/mol. The normalized spacial score (nSPS) is 5.88. The van der Waals surface area contributed by atoms with Crippen LogP contribution in [0.25, 0.3) is 0 Å². The maximum absolute atomic E-state index is 8.93. The van der Waals surface area contributed by atoms with Gasteiger partial charge in [-0.3, -0.25) is 0 Å². The Bertz CT molecular complexity index is 247. The minimum absolute atomic E-state index is 0. The van der Waals surface area contributed by atoms with E-state index in [0.29, 0.717) is 0 Å². The third kappa shape index (κ3) is 46.7. The molecule has 13 heteroatoms. The average Bonchev–Trinajstić information content (AvgIpc) is 2.06. The third-order valence-electron chi connectivity index (χ3n) is 0.333. The first-order valence-corrected chi connectivity index (χ1v) is 4.50. The van der Waals surface area contributed by atoms with Gasteiger partial charge in [-0.25, -0.2) is 0 Å². The Labute approximate surface area is 186 Å². The summed E-state index contributed by atoms with van der Waals surface area (Å²) in [6.07, 6.45) is 0. The number of carbonyl (C=O) groups excluding carboxylic acids is 4. The van der Waals surface area contributed by atoms with Crippen LogP contribution in [0.1, 0.15) is 0 Å². The molecule has 0 aliphatic heterocycles. The predicted molar refractivity (Wildman–Crippen MR) is 21.4 cm³/mol. The van der Waals surface area contributed by atoms with Gasteiger partial charge in [0.05, 0.1) is 23.9 Å². The van der Waals surface area contributed by atoms with E-state index in [4.69, 9.17) is 46.7 Å². The van der Waals surface area contributed by atoms with Gasteiger partial charge >= 0.3 is 127 Å². The van der Waals surface area contributed by atoms with Crippen molar-refractivity contribution in [3.63, 3.8) is 0 Å². The zero-order valence-corrected chi connectivity index (χ0v) is 17.2. The van der Waals surface area contributed by atoms with Gasteiger partial charge < -0.3 is 39.6 Å². The molecule has 0 saturated heterocycles. The van der Waals surface area contributed by atoms with Crippen molar-refractivity contribution in [2.75, 3.05) is 0 Å². The Balaban J connectivity index is -0.0000000421. The Kier molecular flexibility index (Phi) is 41.2. The van der Waals surface area contributed by atoms with Crippen molar-refractivity contribution in [1.29, 1.82) is 0 Å². The molecule has 0 bridgehead atoms. The van der Waals surface area contributed by atoms with Crippen LogP contribution in [0.3, 0.4) is 0 Å². The molecule has 0 fully saturated rings. The molecule has 86 valence electrons. The number of hydrogen-bond donors (Lipinski definition) is 0. The molecular formula is C4K2O10Os. The number of rotatable bonds is 0. The van der Waals surface area contributed by atoms with Gasteiger partial charge in [0.15, 0.2) is 0 Å². The monoisotopic (exact) mass is 478 g/mol.